The van der Waals surface area contributed by atoms with E-state index in [9.17, 15) is 4.79 Å². The summed E-state index contributed by atoms with van der Waals surface area (Å²) < 4.78 is 11.2. The number of nitrogens with zero attached hydrogens (tertiary/aromatic N) is 2. The number of carbonyl (C=O) groups excluding carboxylic acids is 1. The van der Waals surface area contributed by atoms with Gasteiger partial charge in [-0.25, -0.2) is 4.98 Å². The molecule has 1 aromatic carbocycles. The van der Waals surface area contributed by atoms with Crippen molar-refractivity contribution >= 4 is 17.5 Å². The second kappa shape index (κ2) is 8.88. The molecule has 1 amide bonds. The Morgan fingerprint density at radius 2 is 2.07 bits per heavy atom. The quantitative estimate of drug-likeness (QED) is 0.633. The summed E-state index contributed by atoms with van der Waals surface area (Å²) in [5.41, 5.74) is 0.787. The molecule has 3 aromatic rings. The lowest BCUT2D eigenvalue weighted by atomic mass is 10.2. The molecular formula is C20H22ClN3O3. The second-order valence-electron chi connectivity index (χ2n) is 6.40. The molecule has 142 valence electrons. The Morgan fingerprint density at radius 3 is 2.78 bits per heavy atom. The van der Waals surface area contributed by atoms with Gasteiger partial charge in [-0.3, -0.25) is 9.69 Å². The van der Waals surface area contributed by atoms with Gasteiger partial charge in [0.2, 0.25) is 5.91 Å². The third kappa shape index (κ3) is 4.99. The first-order valence-electron chi connectivity index (χ1n) is 8.70. The van der Waals surface area contributed by atoms with Crippen molar-refractivity contribution in [3.8, 4) is 11.3 Å². The maximum Gasteiger partial charge on any atom is 0.220 e. The highest BCUT2D eigenvalue weighted by molar-refractivity contribution is 6.33. The standard InChI is InChI=1S/C20H22ClN3O3/c1-24(2)16(17-8-5-11-26-17)12-22-19(25)9-10-20-23-13-18(27-20)14-6-3-4-7-15(14)21/h3-8,11,13,16H,9-10,12H2,1-2H3,(H,22,25). The average Bonchev–Trinajstić information content (AvgIpc) is 3.32. The van der Waals surface area contributed by atoms with Crippen molar-refractivity contribution in [1.29, 1.82) is 0 Å². The van der Waals surface area contributed by atoms with Gasteiger partial charge in [0, 0.05) is 24.9 Å². The van der Waals surface area contributed by atoms with Crippen LogP contribution in [0.15, 0.2) is 57.7 Å². The Bertz CT molecular complexity index is 874. The van der Waals surface area contributed by atoms with E-state index in [1.165, 1.54) is 0 Å². The zero-order chi connectivity index (χ0) is 19.2. The molecule has 0 saturated heterocycles. The number of amides is 1. The minimum Gasteiger partial charge on any atom is -0.468 e. The molecule has 0 saturated carbocycles. The lowest BCUT2D eigenvalue weighted by Gasteiger charge is -2.22. The van der Waals surface area contributed by atoms with Gasteiger partial charge in [0.25, 0.3) is 0 Å². The van der Waals surface area contributed by atoms with E-state index in [1.807, 2.05) is 49.3 Å². The van der Waals surface area contributed by atoms with Crippen molar-refractivity contribution in [1.82, 2.24) is 15.2 Å². The number of likely N-dealkylation sites (N-methyl/N-ethyl adjacent to an activating group) is 1. The zero-order valence-corrected chi connectivity index (χ0v) is 16.1. The Hall–Kier alpha value is -2.57. The van der Waals surface area contributed by atoms with Gasteiger partial charge in [-0.1, -0.05) is 23.7 Å². The topological polar surface area (TPSA) is 71.5 Å². The number of rotatable bonds is 8. The molecule has 1 unspecified atom stereocenters. The van der Waals surface area contributed by atoms with Crippen LogP contribution >= 0.6 is 11.6 Å². The van der Waals surface area contributed by atoms with Gasteiger partial charge < -0.3 is 14.2 Å². The van der Waals surface area contributed by atoms with E-state index >= 15 is 0 Å². The molecule has 3 rings (SSSR count). The SMILES string of the molecule is CN(C)C(CNC(=O)CCc1ncc(-c2ccccc2Cl)o1)c1ccco1. The van der Waals surface area contributed by atoms with Crippen molar-refractivity contribution in [2.45, 2.75) is 18.9 Å². The highest BCUT2D eigenvalue weighted by Gasteiger charge is 2.18. The fraction of sp³-hybridized carbons (Fsp3) is 0.300. The molecule has 0 bridgehead atoms. The van der Waals surface area contributed by atoms with Crippen LogP contribution in [0.5, 0.6) is 0 Å². The third-order valence-electron chi connectivity index (χ3n) is 4.25. The van der Waals surface area contributed by atoms with E-state index in [0.29, 0.717) is 36.1 Å². The number of aryl methyl sites for hydroxylation is 1. The van der Waals surface area contributed by atoms with E-state index in [2.05, 4.69) is 10.3 Å². The first kappa shape index (κ1) is 19.2. The number of nitrogens with one attached hydrogen (secondary N) is 1. The van der Waals surface area contributed by atoms with Crippen LogP contribution in [-0.2, 0) is 11.2 Å². The van der Waals surface area contributed by atoms with Crippen molar-refractivity contribution in [2.24, 2.45) is 0 Å². The molecule has 1 atom stereocenters. The molecule has 0 spiro atoms. The molecule has 6 nitrogen and oxygen atoms in total. The molecule has 2 aromatic heterocycles. The van der Waals surface area contributed by atoms with Gasteiger partial charge >= 0.3 is 0 Å². The normalized spacial score (nSPS) is 12.3. The summed E-state index contributed by atoms with van der Waals surface area (Å²) in [6, 6.07) is 11.1. The van der Waals surface area contributed by atoms with Crippen LogP contribution in [-0.4, -0.2) is 36.4 Å². The Morgan fingerprint density at radius 1 is 1.26 bits per heavy atom. The molecule has 7 heteroatoms. The summed E-state index contributed by atoms with van der Waals surface area (Å²) in [6.45, 7) is 0.468. The van der Waals surface area contributed by atoms with Gasteiger partial charge in [-0.2, -0.15) is 0 Å². The van der Waals surface area contributed by atoms with Crippen molar-refractivity contribution in [3.05, 3.63) is 65.5 Å². The largest absolute Gasteiger partial charge is 0.468 e. The summed E-state index contributed by atoms with van der Waals surface area (Å²) in [5, 5.41) is 3.54. The molecule has 0 radical (unpaired) electrons. The Balaban J connectivity index is 1.52. The van der Waals surface area contributed by atoms with Crippen LogP contribution in [0.4, 0.5) is 0 Å². The number of hydrogen-bond acceptors (Lipinski definition) is 5. The minimum absolute atomic E-state index is 0.0162. The van der Waals surface area contributed by atoms with Gasteiger partial charge in [-0.15, -0.1) is 0 Å². The highest BCUT2D eigenvalue weighted by Crippen LogP contribution is 2.28. The fourth-order valence-corrected chi connectivity index (χ4v) is 2.98. The molecule has 0 aliphatic heterocycles. The molecular weight excluding hydrogens is 366 g/mol. The second-order valence-corrected chi connectivity index (χ2v) is 6.80. The van der Waals surface area contributed by atoms with E-state index < -0.39 is 0 Å². The molecule has 2 heterocycles. The predicted molar refractivity (Wildman–Crippen MR) is 103 cm³/mol. The smallest absolute Gasteiger partial charge is 0.220 e. The van der Waals surface area contributed by atoms with Crippen molar-refractivity contribution < 1.29 is 13.6 Å². The van der Waals surface area contributed by atoms with Gasteiger partial charge in [0.05, 0.1) is 23.5 Å². The minimum atomic E-state index is -0.0640. The van der Waals surface area contributed by atoms with E-state index in [-0.39, 0.29) is 11.9 Å². The fourth-order valence-electron chi connectivity index (χ4n) is 2.75. The number of aromatic nitrogens is 1. The molecule has 27 heavy (non-hydrogen) atoms. The van der Waals surface area contributed by atoms with Crippen LogP contribution in [0.25, 0.3) is 11.3 Å². The van der Waals surface area contributed by atoms with Crippen LogP contribution in [0.1, 0.15) is 24.1 Å². The van der Waals surface area contributed by atoms with E-state index in [1.54, 1.807) is 18.5 Å². The Kier molecular flexibility index (Phi) is 6.32. The number of carbonyl (C=O) groups is 1. The third-order valence-corrected chi connectivity index (χ3v) is 4.58. The highest BCUT2D eigenvalue weighted by atomic mass is 35.5. The van der Waals surface area contributed by atoms with Gasteiger partial charge in [-0.05, 0) is 38.4 Å². The first-order chi connectivity index (χ1) is 13.0. The molecule has 1 N–H and O–H groups in total. The van der Waals surface area contributed by atoms with Crippen LogP contribution < -0.4 is 5.32 Å². The Labute approximate surface area is 163 Å². The number of hydrogen-bond donors (Lipinski definition) is 1. The van der Waals surface area contributed by atoms with Crippen molar-refractivity contribution in [2.75, 3.05) is 20.6 Å². The summed E-state index contributed by atoms with van der Waals surface area (Å²) in [7, 11) is 3.89. The van der Waals surface area contributed by atoms with Crippen LogP contribution in [0.2, 0.25) is 5.02 Å². The zero-order valence-electron chi connectivity index (χ0n) is 15.3. The lowest BCUT2D eigenvalue weighted by Crippen LogP contribution is -2.34. The summed E-state index contributed by atoms with van der Waals surface area (Å²) >= 11 is 6.17. The molecule has 0 aliphatic rings. The number of halogens is 1. The van der Waals surface area contributed by atoms with Gasteiger partial charge in [0.15, 0.2) is 11.7 Å². The average molecular weight is 388 g/mol. The van der Waals surface area contributed by atoms with Crippen molar-refractivity contribution in [3.63, 3.8) is 0 Å². The number of furan rings is 1. The summed E-state index contributed by atoms with van der Waals surface area (Å²) in [6.07, 6.45) is 3.98. The number of oxazole rings is 1. The monoisotopic (exact) mass is 387 g/mol. The van der Waals surface area contributed by atoms with E-state index in [4.69, 9.17) is 20.4 Å². The molecule has 0 aliphatic carbocycles. The maximum absolute atomic E-state index is 12.2. The molecule has 0 fully saturated rings. The first-order valence-corrected chi connectivity index (χ1v) is 9.08. The number of benzene rings is 1. The van der Waals surface area contributed by atoms with Crippen LogP contribution in [0.3, 0.4) is 0 Å². The lowest BCUT2D eigenvalue weighted by molar-refractivity contribution is -0.121. The van der Waals surface area contributed by atoms with Crippen LogP contribution in [0, 0.1) is 0 Å². The predicted octanol–water partition coefficient (Wildman–Crippen LogP) is 3.94. The summed E-state index contributed by atoms with van der Waals surface area (Å²) in [5.74, 6) is 1.86. The van der Waals surface area contributed by atoms with E-state index in [0.717, 1.165) is 11.3 Å². The summed E-state index contributed by atoms with van der Waals surface area (Å²) in [4.78, 5) is 18.4. The maximum atomic E-state index is 12.2. The van der Waals surface area contributed by atoms with Gasteiger partial charge in [0.1, 0.15) is 5.76 Å².